The second-order valence-corrected chi connectivity index (χ2v) is 7.21. The summed E-state index contributed by atoms with van der Waals surface area (Å²) in [6, 6.07) is 5.89. The molecule has 1 aliphatic rings. The number of hydrogen-bond acceptors (Lipinski definition) is 5. The highest BCUT2D eigenvalue weighted by atomic mass is 35.5. The molecule has 144 valence electrons. The third-order valence-corrected chi connectivity index (χ3v) is 5.37. The van der Waals surface area contributed by atoms with Gasteiger partial charge < -0.3 is 10.2 Å². The summed E-state index contributed by atoms with van der Waals surface area (Å²) in [7, 11) is 1.57. The molecule has 3 rings (SSSR count). The highest BCUT2D eigenvalue weighted by molar-refractivity contribution is 6.33. The predicted molar refractivity (Wildman–Crippen MR) is 108 cm³/mol. The molecule has 0 atom stereocenters. The van der Waals surface area contributed by atoms with E-state index in [9.17, 15) is 9.59 Å². The fourth-order valence-corrected chi connectivity index (χ4v) is 3.44. The van der Waals surface area contributed by atoms with Crippen LogP contribution in [0.15, 0.2) is 29.2 Å². The molecular formula is C19H24ClN5O2. The summed E-state index contributed by atoms with van der Waals surface area (Å²) in [6.45, 7) is 7.17. The topological polar surface area (TPSA) is 70.5 Å². The highest BCUT2D eigenvalue weighted by Crippen LogP contribution is 2.22. The Morgan fingerprint density at radius 1 is 1.22 bits per heavy atom. The van der Waals surface area contributed by atoms with E-state index in [1.54, 1.807) is 13.2 Å². The van der Waals surface area contributed by atoms with Gasteiger partial charge in [-0.25, -0.2) is 4.68 Å². The van der Waals surface area contributed by atoms with Crippen LogP contribution in [0.5, 0.6) is 0 Å². The van der Waals surface area contributed by atoms with Crippen molar-refractivity contribution in [3.05, 3.63) is 50.9 Å². The number of nitrogens with one attached hydrogen (secondary N) is 1. The third kappa shape index (κ3) is 4.31. The van der Waals surface area contributed by atoms with E-state index in [1.807, 2.05) is 36.9 Å². The first-order valence-corrected chi connectivity index (χ1v) is 9.30. The van der Waals surface area contributed by atoms with E-state index in [-0.39, 0.29) is 16.5 Å². The molecule has 0 bridgehead atoms. The Morgan fingerprint density at radius 2 is 1.93 bits per heavy atom. The first kappa shape index (κ1) is 19.4. The van der Waals surface area contributed by atoms with E-state index in [0.717, 1.165) is 16.8 Å². The number of benzene rings is 1. The van der Waals surface area contributed by atoms with Gasteiger partial charge in [0.1, 0.15) is 5.02 Å². The van der Waals surface area contributed by atoms with Crippen LogP contribution in [0.1, 0.15) is 11.1 Å². The molecule has 1 N–H and O–H groups in total. The van der Waals surface area contributed by atoms with Crippen molar-refractivity contribution in [3.63, 3.8) is 0 Å². The maximum Gasteiger partial charge on any atom is 0.287 e. The number of carbonyl (C=O) groups excluding carboxylic acids is 1. The number of piperazine rings is 1. The van der Waals surface area contributed by atoms with Crippen molar-refractivity contribution in [1.82, 2.24) is 14.7 Å². The van der Waals surface area contributed by atoms with Crippen LogP contribution in [0, 0.1) is 13.8 Å². The average Bonchev–Trinajstić information content (AvgIpc) is 2.65. The minimum atomic E-state index is -0.301. The number of amides is 1. The lowest BCUT2D eigenvalue weighted by Crippen LogP contribution is -2.49. The van der Waals surface area contributed by atoms with E-state index in [2.05, 4.69) is 15.3 Å². The summed E-state index contributed by atoms with van der Waals surface area (Å²) in [5, 5.41) is 7.23. The lowest BCUT2D eigenvalue weighted by atomic mass is 10.1. The van der Waals surface area contributed by atoms with E-state index in [4.69, 9.17) is 11.6 Å². The van der Waals surface area contributed by atoms with Crippen molar-refractivity contribution in [1.29, 1.82) is 0 Å². The smallest absolute Gasteiger partial charge is 0.287 e. The maximum absolute atomic E-state index is 12.4. The van der Waals surface area contributed by atoms with E-state index in [0.29, 0.717) is 38.4 Å². The van der Waals surface area contributed by atoms with Crippen LogP contribution in [0.3, 0.4) is 0 Å². The molecule has 0 saturated carbocycles. The Balaban J connectivity index is 1.57. The van der Waals surface area contributed by atoms with Gasteiger partial charge in [-0.2, -0.15) is 5.10 Å². The van der Waals surface area contributed by atoms with Crippen LogP contribution in [-0.2, 0) is 11.8 Å². The lowest BCUT2D eigenvalue weighted by molar-refractivity contribution is -0.117. The molecule has 27 heavy (non-hydrogen) atoms. The Morgan fingerprint density at radius 3 is 2.63 bits per heavy atom. The molecule has 1 amide bonds. The average molecular weight is 390 g/mol. The minimum Gasteiger partial charge on any atom is -0.366 e. The Hall–Kier alpha value is -2.38. The number of carbonyl (C=O) groups is 1. The quantitative estimate of drug-likeness (QED) is 0.863. The van der Waals surface area contributed by atoms with Crippen LogP contribution in [0.2, 0.25) is 5.02 Å². The lowest BCUT2D eigenvalue weighted by Gasteiger charge is -2.35. The van der Waals surface area contributed by atoms with Gasteiger partial charge in [0.05, 0.1) is 18.4 Å². The Bertz CT molecular complexity index is 903. The highest BCUT2D eigenvalue weighted by Gasteiger charge is 2.22. The predicted octanol–water partition coefficient (Wildman–Crippen LogP) is 1.81. The summed E-state index contributed by atoms with van der Waals surface area (Å²) >= 11 is 6.18. The van der Waals surface area contributed by atoms with Crippen molar-refractivity contribution in [2.45, 2.75) is 13.8 Å². The number of aromatic nitrogens is 2. The third-order valence-electron chi connectivity index (χ3n) is 5.02. The molecule has 7 nitrogen and oxygen atoms in total. The van der Waals surface area contributed by atoms with Gasteiger partial charge in [-0.15, -0.1) is 0 Å². The van der Waals surface area contributed by atoms with Crippen LogP contribution < -0.4 is 15.8 Å². The van der Waals surface area contributed by atoms with Crippen molar-refractivity contribution >= 4 is 28.9 Å². The summed E-state index contributed by atoms with van der Waals surface area (Å²) in [6.07, 6.45) is 1.62. The molecular weight excluding hydrogens is 366 g/mol. The maximum atomic E-state index is 12.4. The molecule has 8 heteroatoms. The zero-order chi connectivity index (χ0) is 19.6. The summed E-state index contributed by atoms with van der Waals surface area (Å²) in [5.41, 5.74) is 3.45. The minimum absolute atomic E-state index is 0.0228. The zero-order valence-corrected chi connectivity index (χ0v) is 16.6. The molecule has 0 spiro atoms. The number of anilines is 2. The van der Waals surface area contributed by atoms with Gasteiger partial charge in [0.25, 0.3) is 5.56 Å². The first-order valence-electron chi connectivity index (χ1n) is 8.92. The van der Waals surface area contributed by atoms with E-state index < -0.39 is 0 Å². The van der Waals surface area contributed by atoms with Crippen molar-refractivity contribution in [2.24, 2.45) is 7.05 Å². The monoisotopic (exact) mass is 389 g/mol. The van der Waals surface area contributed by atoms with Gasteiger partial charge >= 0.3 is 0 Å². The van der Waals surface area contributed by atoms with Crippen molar-refractivity contribution in [2.75, 3.05) is 42.9 Å². The fourth-order valence-electron chi connectivity index (χ4n) is 3.15. The molecule has 1 aromatic carbocycles. The number of halogens is 1. The number of aryl methyl sites for hydroxylation is 2. The van der Waals surface area contributed by atoms with Gasteiger partial charge in [-0.05, 0) is 31.0 Å². The van der Waals surface area contributed by atoms with Crippen molar-refractivity contribution in [3.8, 4) is 0 Å². The van der Waals surface area contributed by atoms with Crippen LogP contribution >= 0.6 is 11.6 Å². The molecule has 2 heterocycles. The first-order chi connectivity index (χ1) is 12.9. The zero-order valence-electron chi connectivity index (χ0n) is 15.8. The second kappa shape index (κ2) is 8.10. The molecule has 0 aliphatic carbocycles. The molecule has 0 radical (unpaired) electrons. The molecule has 1 aromatic heterocycles. The normalized spacial score (nSPS) is 15.0. The van der Waals surface area contributed by atoms with E-state index >= 15 is 0 Å². The van der Waals surface area contributed by atoms with Gasteiger partial charge in [-0.1, -0.05) is 23.7 Å². The molecule has 1 fully saturated rings. The van der Waals surface area contributed by atoms with Gasteiger partial charge in [0.15, 0.2) is 0 Å². The second-order valence-electron chi connectivity index (χ2n) is 6.83. The van der Waals surface area contributed by atoms with Gasteiger partial charge in [0, 0.05) is 38.9 Å². The standard InChI is InChI=1S/C19H24ClN5O2/c1-13-5-4-6-15(14(13)2)22-17(26)12-24-7-9-25(10-8-24)16-11-21-23(3)19(27)18(16)20/h4-6,11H,7-10,12H2,1-3H3,(H,22,26). The molecule has 1 aliphatic heterocycles. The largest absolute Gasteiger partial charge is 0.366 e. The molecule has 2 aromatic rings. The van der Waals surface area contributed by atoms with Crippen LogP contribution in [-0.4, -0.2) is 53.3 Å². The molecule has 1 saturated heterocycles. The Kier molecular flexibility index (Phi) is 5.82. The number of hydrogen-bond donors (Lipinski definition) is 1. The summed E-state index contributed by atoms with van der Waals surface area (Å²) in [4.78, 5) is 28.5. The van der Waals surface area contributed by atoms with Crippen LogP contribution in [0.4, 0.5) is 11.4 Å². The van der Waals surface area contributed by atoms with Crippen LogP contribution in [0.25, 0.3) is 0 Å². The fraction of sp³-hybridized carbons (Fsp3) is 0.421. The molecule has 0 unspecified atom stereocenters. The van der Waals surface area contributed by atoms with Crippen molar-refractivity contribution < 1.29 is 4.79 Å². The number of rotatable bonds is 4. The summed E-state index contributed by atoms with van der Waals surface area (Å²) in [5.74, 6) is -0.0228. The number of nitrogens with zero attached hydrogens (tertiary/aromatic N) is 4. The van der Waals surface area contributed by atoms with Gasteiger partial charge in [-0.3, -0.25) is 14.5 Å². The van der Waals surface area contributed by atoms with E-state index in [1.165, 1.54) is 4.68 Å². The summed E-state index contributed by atoms with van der Waals surface area (Å²) < 4.78 is 1.22. The van der Waals surface area contributed by atoms with Gasteiger partial charge in [0.2, 0.25) is 5.91 Å². The Labute approximate surface area is 163 Å². The SMILES string of the molecule is Cc1cccc(NC(=O)CN2CCN(c3cnn(C)c(=O)c3Cl)CC2)c1C.